The van der Waals surface area contributed by atoms with Crippen molar-refractivity contribution >= 4 is 11.6 Å². The minimum atomic E-state index is -0.287. The lowest BCUT2D eigenvalue weighted by atomic mass is 10.2. The van der Waals surface area contributed by atoms with E-state index < -0.39 is 0 Å². The molecule has 3 rings (SSSR count). The number of aliphatic hydroxyl groups excluding tert-OH is 1. The number of hydrogen-bond donors (Lipinski definition) is 2. The van der Waals surface area contributed by atoms with Crippen LogP contribution < -0.4 is 5.32 Å². The highest BCUT2D eigenvalue weighted by atomic mass is 16.3. The van der Waals surface area contributed by atoms with Crippen LogP contribution in [0.5, 0.6) is 0 Å². The molecule has 0 atom stereocenters. The van der Waals surface area contributed by atoms with Gasteiger partial charge < -0.3 is 10.4 Å². The molecule has 0 saturated carbocycles. The maximum absolute atomic E-state index is 12.2. The van der Waals surface area contributed by atoms with Gasteiger partial charge in [-0.1, -0.05) is 30.3 Å². The lowest BCUT2D eigenvalue weighted by Crippen LogP contribution is -2.13. The first-order valence-corrected chi connectivity index (χ1v) is 6.88. The van der Waals surface area contributed by atoms with Crippen LogP contribution >= 0.6 is 0 Å². The van der Waals surface area contributed by atoms with E-state index in [4.69, 9.17) is 5.11 Å². The largest absolute Gasteiger partial charge is 0.392 e. The second-order valence-corrected chi connectivity index (χ2v) is 4.79. The second kappa shape index (κ2) is 6.24. The summed E-state index contributed by atoms with van der Waals surface area (Å²) in [6.45, 7) is -0.0632. The molecule has 0 saturated heterocycles. The third-order valence-corrected chi connectivity index (χ3v) is 3.21. The van der Waals surface area contributed by atoms with Crippen LogP contribution in [-0.4, -0.2) is 20.8 Å². The summed E-state index contributed by atoms with van der Waals surface area (Å²) in [7, 11) is 0. The standard InChI is InChI=1S/C17H15N3O2/c21-12-13-5-4-6-14(11-13)18-17(22)16-9-10-20(19-16)15-7-2-1-3-8-15/h1-11,21H,12H2,(H,18,22). The van der Waals surface area contributed by atoms with Crippen molar-refractivity contribution in [1.29, 1.82) is 0 Å². The highest BCUT2D eigenvalue weighted by Gasteiger charge is 2.10. The average molecular weight is 293 g/mol. The number of anilines is 1. The Hall–Kier alpha value is -2.92. The number of nitrogens with one attached hydrogen (secondary N) is 1. The molecule has 0 bridgehead atoms. The quantitative estimate of drug-likeness (QED) is 0.777. The van der Waals surface area contributed by atoms with Crippen molar-refractivity contribution in [3.05, 3.63) is 78.1 Å². The van der Waals surface area contributed by atoms with Crippen LogP contribution in [0.3, 0.4) is 0 Å². The molecule has 5 heteroatoms. The molecule has 0 spiro atoms. The lowest BCUT2D eigenvalue weighted by molar-refractivity contribution is 0.102. The molecule has 0 unspecified atom stereocenters. The Kier molecular flexibility index (Phi) is 3.98. The molecular formula is C17H15N3O2. The average Bonchev–Trinajstić information content (AvgIpc) is 3.06. The molecule has 0 aliphatic heterocycles. The third-order valence-electron chi connectivity index (χ3n) is 3.21. The molecule has 0 fully saturated rings. The van der Waals surface area contributed by atoms with Crippen molar-refractivity contribution < 1.29 is 9.90 Å². The van der Waals surface area contributed by atoms with E-state index in [0.29, 0.717) is 11.4 Å². The van der Waals surface area contributed by atoms with Crippen LogP contribution in [0, 0.1) is 0 Å². The van der Waals surface area contributed by atoms with Gasteiger partial charge in [0.1, 0.15) is 0 Å². The lowest BCUT2D eigenvalue weighted by Gasteiger charge is -2.05. The summed E-state index contributed by atoms with van der Waals surface area (Å²) in [4.78, 5) is 12.2. The van der Waals surface area contributed by atoms with Gasteiger partial charge in [0, 0.05) is 11.9 Å². The van der Waals surface area contributed by atoms with Crippen LogP contribution in [-0.2, 0) is 6.61 Å². The molecule has 0 aliphatic carbocycles. The Labute approximate surface area is 127 Å². The first-order chi connectivity index (χ1) is 10.8. The SMILES string of the molecule is O=C(Nc1cccc(CO)c1)c1ccn(-c2ccccc2)n1. The Bertz CT molecular complexity index is 781. The molecule has 3 aromatic rings. The molecule has 2 aromatic carbocycles. The predicted octanol–water partition coefficient (Wildman–Crippen LogP) is 2.62. The van der Waals surface area contributed by atoms with Gasteiger partial charge in [0.15, 0.2) is 5.69 Å². The Morgan fingerprint density at radius 1 is 1.09 bits per heavy atom. The van der Waals surface area contributed by atoms with Gasteiger partial charge in [-0.15, -0.1) is 0 Å². The van der Waals surface area contributed by atoms with Gasteiger partial charge in [-0.2, -0.15) is 5.10 Å². The molecule has 5 nitrogen and oxygen atoms in total. The minimum absolute atomic E-state index is 0.0632. The van der Waals surface area contributed by atoms with Gasteiger partial charge in [0.25, 0.3) is 5.91 Å². The minimum Gasteiger partial charge on any atom is -0.392 e. The van der Waals surface area contributed by atoms with Crippen molar-refractivity contribution in [3.63, 3.8) is 0 Å². The summed E-state index contributed by atoms with van der Waals surface area (Å²) in [5.41, 5.74) is 2.60. The fraction of sp³-hybridized carbons (Fsp3) is 0.0588. The number of aliphatic hydroxyl groups is 1. The van der Waals surface area contributed by atoms with Crippen LogP contribution in [0.15, 0.2) is 66.9 Å². The van der Waals surface area contributed by atoms with E-state index in [-0.39, 0.29) is 12.5 Å². The normalized spacial score (nSPS) is 10.4. The zero-order chi connectivity index (χ0) is 15.4. The molecule has 1 heterocycles. The van der Waals surface area contributed by atoms with Crippen LogP contribution in [0.25, 0.3) is 5.69 Å². The van der Waals surface area contributed by atoms with Gasteiger partial charge in [0.2, 0.25) is 0 Å². The molecule has 1 aromatic heterocycles. The summed E-state index contributed by atoms with van der Waals surface area (Å²) in [6, 6.07) is 18.3. The summed E-state index contributed by atoms with van der Waals surface area (Å²) in [6.07, 6.45) is 1.74. The van der Waals surface area contributed by atoms with Crippen molar-refractivity contribution in [2.24, 2.45) is 0 Å². The summed E-state index contributed by atoms with van der Waals surface area (Å²) < 4.78 is 1.65. The first kappa shape index (κ1) is 14.0. The van der Waals surface area contributed by atoms with Gasteiger partial charge in [-0.25, -0.2) is 4.68 Å². The highest BCUT2D eigenvalue weighted by Crippen LogP contribution is 2.13. The molecule has 2 N–H and O–H groups in total. The number of aromatic nitrogens is 2. The summed E-state index contributed by atoms with van der Waals surface area (Å²) in [5.74, 6) is -0.287. The van der Waals surface area contributed by atoms with E-state index in [1.807, 2.05) is 30.3 Å². The van der Waals surface area contributed by atoms with Gasteiger partial charge in [-0.05, 0) is 35.9 Å². The molecule has 0 radical (unpaired) electrons. The van der Waals surface area contributed by atoms with E-state index in [1.54, 1.807) is 41.2 Å². The maximum Gasteiger partial charge on any atom is 0.276 e. The van der Waals surface area contributed by atoms with E-state index in [2.05, 4.69) is 10.4 Å². The van der Waals surface area contributed by atoms with Gasteiger partial charge in [0.05, 0.1) is 12.3 Å². The fourth-order valence-electron chi connectivity index (χ4n) is 2.11. The maximum atomic E-state index is 12.2. The van der Waals surface area contributed by atoms with Crippen LogP contribution in [0.4, 0.5) is 5.69 Å². The van der Waals surface area contributed by atoms with Gasteiger partial charge in [-0.3, -0.25) is 4.79 Å². The smallest absolute Gasteiger partial charge is 0.276 e. The second-order valence-electron chi connectivity index (χ2n) is 4.79. The number of amides is 1. The molecule has 0 aliphatic rings. The number of carbonyl (C=O) groups excluding carboxylic acids is 1. The summed E-state index contributed by atoms with van der Waals surface area (Å²) >= 11 is 0. The Morgan fingerprint density at radius 3 is 2.68 bits per heavy atom. The number of para-hydroxylation sites is 1. The zero-order valence-corrected chi connectivity index (χ0v) is 11.8. The van der Waals surface area contributed by atoms with E-state index in [0.717, 1.165) is 11.3 Å². The number of benzene rings is 2. The highest BCUT2D eigenvalue weighted by molar-refractivity contribution is 6.02. The van der Waals surface area contributed by atoms with Crippen molar-refractivity contribution in [2.45, 2.75) is 6.61 Å². The predicted molar refractivity (Wildman–Crippen MR) is 83.9 cm³/mol. The van der Waals surface area contributed by atoms with Gasteiger partial charge >= 0.3 is 0 Å². The monoisotopic (exact) mass is 293 g/mol. The number of nitrogens with zero attached hydrogens (tertiary/aromatic N) is 2. The van der Waals surface area contributed by atoms with E-state index >= 15 is 0 Å². The van der Waals surface area contributed by atoms with E-state index in [1.165, 1.54) is 0 Å². The van der Waals surface area contributed by atoms with Crippen LogP contribution in [0.2, 0.25) is 0 Å². The first-order valence-electron chi connectivity index (χ1n) is 6.88. The molecule has 22 heavy (non-hydrogen) atoms. The van der Waals surface area contributed by atoms with E-state index in [9.17, 15) is 4.79 Å². The number of hydrogen-bond acceptors (Lipinski definition) is 3. The molecular weight excluding hydrogens is 278 g/mol. The Balaban J connectivity index is 1.77. The van der Waals surface area contributed by atoms with Crippen molar-refractivity contribution in [2.75, 3.05) is 5.32 Å². The number of carbonyl (C=O) groups is 1. The van der Waals surface area contributed by atoms with Crippen LogP contribution in [0.1, 0.15) is 16.1 Å². The summed E-state index contributed by atoms with van der Waals surface area (Å²) in [5, 5.41) is 16.2. The third kappa shape index (κ3) is 3.05. The zero-order valence-electron chi connectivity index (χ0n) is 11.8. The van der Waals surface area contributed by atoms with Crippen molar-refractivity contribution in [1.82, 2.24) is 9.78 Å². The fourth-order valence-corrected chi connectivity index (χ4v) is 2.11. The Morgan fingerprint density at radius 2 is 1.91 bits per heavy atom. The molecule has 1 amide bonds. The topological polar surface area (TPSA) is 67.2 Å². The number of rotatable bonds is 4. The van der Waals surface area contributed by atoms with Crippen molar-refractivity contribution in [3.8, 4) is 5.69 Å². The molecule has 110 valence electrons.